The Morgan fingerprint density at radius 2 is 1.95 bits per heavy atom. The molecule has 3 rings (SSSR count). The van der Waals surface area contributed by atoms with Crippen molar-refractivity contribution in [3.63, 3.8) is 0 Å². The lowest BCUT2D eigenvalue weighted by atomic mass is 10.1. The first-order valence-corrected chi connectivity index (χ1v) is 8.46. The first-order chi connectivity index (χ1) is 9.97. The molecule has 1 aliphatic carbocycles. The molecule has 2 nitrogen and oxygen atoms in total. The van der Waals surface area contributed by atoms with E-state index in [0.717, 1.165) is 10.4 Å². The minimum Gasteiger partial charge on any atom is -0.344 e. The van der Waals surface area contributed by atoms with Crippen LogP contribution in [0.4, 0.5) is 0 Å². The topological polar surface area (TPSA) is 29.1 Å². The molecule has 0 radical (unpaired) electrons. The van der Waals surface area contributed by atoms with Gasteiger partial charge in [-0.1, -0.05) is 29.8 Å². The van der Waals surface area contributed by atoms with E-state index < -0.39 is 4.33 Å². The Morgan fingerprint density at radius 1 is 1.29 bits per heavy atom. The number of hydrogen-bond donors (Lipinski definition) is 1. The highest BCUT2D eigenvalue weighted by molar-refractivity contribution is 7.10. The molecule has 1 aromatic heterocycles. The number of carbonyl (C=O) groups is 1. The zero-order valence-corrected chi connectivity index (χ0v) is 13.9. The molecule has 1 amide bonds. The van der Waals surface area contributed by atoms with Gasteiger partial charge in [0.05, 0.1) is 12.0 Å². The van der Waals surface area contributed by atoms with Gasteiger partial charge in [-0.25, -0.2) is 0 Å². The zero-order valence-electron chi connectivity index (χ0n) is 10.9. The van der Waals surface area contributed by atoms with Crippen molar-refractivity contribution in [1.82, 2.24) is 5.32 Å². The van der Waals surface area contributed by atoms with E-state index in [1.807, 2.05) is 41.8 Å². The van der Waals surface area contributed by atoms with E-state index in [1.54, 1.807) is 11.3 Å². The van der Waals surface area contributed by atoms with Crippen LogP contribution >= 0.6 is 46.1 Å². The number of amides is 1. The third-order valence-corrected chi connectivity index (χ3v) is 5.48. The molecule has 0 bridgehead atoms. The summed E-state index contributed by atoms with van der Waals surface area (Å²) in [5.74, 6) is -0.455. The number of halogens is 3. The molecule has 1 aliphatic rings. The van der Waals surface area contributed by atoms with Crippen LogP contribution in [-0.4, -0.2) is 10.2 Å². The maximum absolute atomic E-state index is 12.3. The van der Waals surface area contributed by atoms with E-state index in [1.165, 1.54) is 0 Å². The van der Waals surface area contributed by atoms with Gasteiger partial charge in [-0.2, -0.15) is 0 Å². The van der Waals surface area contributed by atoms with Crippen LogP contribution in [0, 0.1) is 5.92 Å². The lowest BCUT2D eigenvalue weighted by Gasteiger charge is -2.18. The van der Waals surface area contributed by atoms with Gasteiger partial charge in [0.1, 0.15) is 4.33 Å². The molecule has 6 heteroatoms. The van der Waals surface area contributed by atoms with Crippen LogP contribution in [0.1, 0.15) is 22.9 Å². The smallest absolute Gasteiger partial charge is 0.227 e. The molecule has 0 aliphatic heterocycles. The molecule has 2 atom stereocenters. The van der Waals surface area contributed by atoms with Gasteiger partial charge in [0.25, 0.3) is 0 Å². The minimum atomic E-state index is -0.913. The van der Waals surface area contributed by atoms with Gasteiger partial charge in [0, 0.05) is 9.90 Å². The van der Waals surface area contributed by atoms with Crippen molar-refractivity contribution in [2.45, 2.75) is 16.8 Å². The second-order valence-electron chi connectivity index (χ2n) is 5.03. The van der Waals surface area contributed by atoms with Crippen LogP contribution in [0.5, 0.6) is 0 Å². The first kappa shape index (κ1) is 15.2. The van der Waals surface area contributed by atoms with Crippen molar-refractivity contribution in [2.75, 3.05) is 0 Å². The molecule has 2 aromatic rings. The molecule has 0 spiro atoms. The van der Waals surface area contributed by atoms with Crippen LogP contribution in [0.2, 0.25) is 5.02 Å². The van der Waals surface area contributed by atoms with Crippen molar-refractivity contribution in [3.8, 4) is 0 Å². The molecule has 1 fully saturated rings. The predicted molar refractivity (Wildman–Crippen MR) is 88.3 cm³/mol. The van der Waals surface area contributed by atoms with E-state index >= 15 is 0 Å². The molecule has 1 aromatic carbocycles. The fourth-order valence-electron chi connectivity index (χ4n) is 2.17. The summed E-state index contributed by atoms with van der Waals surface area (Å²) in [5, 5.41) is 5.68. The molecule has 0 saturated heterocycles. The minimum absolute atomic E-state index is 0.117. The molecular formula is C15H12Cl3NOS. The summed E-state index contributed by atoms with van der Waals surface area (Å²) in [6.45, 7) is 0. The van der Waals surface area contributed by atoms with Crippen LogP contribution in [0.25, 0.3) is 0 Å². The van der Waals surface area contributed by atoms with Crippen molar-refractivity contribution in [3.05, 3.63) is 57.2 Å². The van der Waals surface area contributed by atoms with Gasteiger partial charge in [-0.3, -0.25) is 4.79 Å². The molecule has 1 saturated carbocycles. The van der Waals surface area contributed by atoms with Crippen molar-refractivity contribution in [2.24, 2.45) is 5.92 Å². The van der Waals surface area contributed by atoms with Gasteiger partial charge < -0.3 is 5.32 Å². The highest BCUT2D eigenvalue weighted by Gasteiger charge is 2.56. The number of rotatable bonds is 4. The second kappa shape index (κ2) is 5.81. The number of alkyl halides is 2. The fourth-order valence-corrected chi connectivity index (χ4v) is 3.61. The predicted octanol–water partition coefficient (Wildman–Crippen LogP) is 4.80. The number of hydrogen-bond acceptors (Lipinski definition) is 2. The number of thiophene rings is 1. The summed E-state index contributed by atoms with van der Waals surface area (Å²) in [7, 11) is 0. The van der Waals surface area contributed by atoms with Gasteiger partial charge in [0.2, 0.25) is 5.91 Å². The Hall–Kier alpha value is -0.740. The zero-order chi connectivity index (χ0) is 15.0. The standard InChI is InChI=1S/C15H12Cl3NOS/c16-10-5-3-9(4-6-10)13(12-2-1-7-21-12)19-14(20)11-8-15(11,17)18/h1-7,11,13H,8H2,(H,19,20)/t11-,13-/m1/s1. The van der Waals surface area contributed by atoms with E-state index in [4.69, 9.17) is 34.8 Å². The SMILES string of the molecule is O=C(N[C@H](c1ccc(Cl)cc1)c1cccs1)[C@H]1CC1(Cl)Cl. The molecule has 21 heavy (non-hydrogen) atoms. The lowest BCUT2D eigenvalue weighted by molar-refractivity contribution is -0.122. The largest absolute Gasteiger partial charge is 0.344 e. The maximum atomic E-state index is 12.3. The van der Waals surface area contributed by atoms with E-state index in [2.05, 4.69) is 5.32 Å². The van der Waals surface area contributed by atoms with Crippen LogP contribution < -0.4 is 5.32 Å². The summed E-state index contributed by atoms with van der Waals surface area (Å²) >= 11 is 19.4. The number of carbonyl (C=O) groups excluding carboxylic acids is 1. The van der Waals surface area contributed by atoms with Crippen LogP contribution in [0.3, 0.4) is 0 Å². The fraction of sp³-hybridized carbons (Fsp3) is 0.267. The maximum Gasteiger partial charge on any atom is 0.227 e. The van der Waals surface area contributed by atoms with E-state index in [0.29, 0.717) is 11.4 Å². The van der Waals surface area contributed by atoms with Crippen molar-refractivity contribution < 1.29 is 4.79 Å². The van der Waals surface area contributed by atoms with Crippen molar-refractivity contribution >= 4 is 52.0 Å². The summed E-state index contributed by atoms with van der Waals surface area (Å²) in [6, 6.07) is 11.2. The second-order valence-corrected chi connectivity index (χ2v) is 7.98. The van der Waals surface area contributed by atoms with Crippen LogP contribution in [-0.2, 0) is 4.79 Å². The molecule has 110 valence electrons. The number of benzene rings is 1. The molecule has 0 unspecified atom stereocenters. The normalized spacial score (nSPS) is 20.8. The highest BCUT2D eigenvalue weighted by Crippen LogP contribution is 2.53. The van der Waals surface area contributed by atoms with Gasteiger partial charge in [0.15, 0.2) is 0 Å². The average Bonchev–Trinajstić information content (AvgIpc) is 2.88. The third-order valence-electron chi connectivity index (χ3n) is 3.46. The van der Waals surface area contributed by atoms with Gasteiger partial charge >= 0.3 is 0 Å². The Balaban J connectivity index is 1.83. The Bertz CT molecular complexity index is 639. The van der Waals surface area contributed by atoms with E-state index in [9.17, 15) is 4.79 Å². The summed E-state index contributed by atoms with van der Waals surface area (Å²) in [5.41, 5.74) is 0.977. The van der Waals surface area contributed by atoms with Gasteiger partial charge in [-0.05, 0) is 35.6 Å². The first-order valence-electron chi connectivity index (χ1n) is 6.44. The average molecular weight is 361 g/mol. The Morgan fingerprint density at radius 3 is 2.48 bits per heavy atom. The van der Waals surface area contributed by atoms with Crippen molar-refractivity contribution in [1.29, 1.82) is 0 Å². The van der Waals surface area contributed by atoms with E-state index in [-0.39, 0.29) is 17.9 Å². The monoisotopic (exact) mass is 359 g/mol. The van der Waals surface area contributed by atoms with Gasteiger partial charge in [-0.15, -0.1) is 34.5 Å². The summed E-state index contributed by atoms with van der Waals surface area (Å²) < 4.78 is -0.913. The quantitative estimate of drug-likeness (QED) is 0.780. The molecule has 1 N–H and O–H groups in total. The van der Waals surface area contributed by atoms with Crippen LogP contribution in [0.15, 0.2) is 41.8 Å². The lowest BCUT2D eigenvalue weighted by Crippen LogP contribution is -2.31. The molecular weight excluding hydrogens is 349 g/mol. The summed E-state index contributed by atoms with van der Waals surface area (Å²) in [6.07, 6.45) is 0.500. The Labute approximate surface area is 142 Å². The number of nitrogens with one attached hydrogen (secondary N) is 1. The Kier molecular flexibility index (Phi) is 4.19. The third kappa shape index (κ3) is 3.37. The molecule has 1 heterocycles. The highest BCUT2D eigenvalue weighted by atomic mass is 35.5. The summed E-state index contributed by atoms with van der Waals surface area (Å²) in [4.78, 5) is 13.3.